The van der Waals surface area contributed by atoms with Crippen LogP contribution in [-0.4, -0.2) is 48.7 Å². The van der Waals surface area contributed by atoms with Crippen molar-refractivity contribution in [1.29, 1.82) is 0 Å². The van der Waals surface area contributed by atoms with Gasteiger partial charge in [0.1, 0.15) is 5.70 Å². The number of hydrogen-bond donors (Lipinski definition) is 0. The smallest absolute Gasteiger partial charge is 0.357 e. The normalized spacial score (nSPS) is 21.8. The van der Waals surface area contributed by atoms with Crippen LogP contribution in [0.25, 0.3) is 0 Å². The maximum atomic E-state index is 12.3. The molecule has 2 unspecified atom stereocenters. The fourth-order valence-corrected chi connectivity index (χ4v) is 2.75. The van der Waals surface area contributed by atoms with Crippen molar-refractivity contribution in [1.82, 2.24) is 4.90 Å². The van der Waals surface area contributed by atoms with E-state index in [1.54, 1.807) is 32.9 Å². The number of rotatable bonds is 6. The summed E-state index contributed by atoms with van der Waals surface area (Å²) in [6, 6.07) is -0.121. The molecule has 0 aromatic carbocycles. The van der Waals surface area contributed by atoms with Gasteiger partial charge in [0, 0.05) is 6.08 Å². The summed E-state index contributed by atoms with van der Waals surface area (Å²) in [7, 11) is 1.28. The highest BCUT2D eigenvalue weighted by molar-refractivity contribution is 5.99. The van der Waals surface area contributed by atoms with Crippen molar-refractivity contribution in [2.45, 2.75) is 39.7 Å². The quantitative estimate of drug-likeness (QED) is 0.303. The number of nitrogens with zero attached hydrogens (tertiary/aromatic N) is 1. The molecule has 2 aliphatic rings. The van der Waals surface area contributed by atoms with Crippen LogP contribution in [0.5, 0.6) is 0 Å². The second-order valence-corrected chi connectivity index (χ2v) is 7.10. The lowest BCUT2D eigenvalue weighted by Gasteiger charge is -2.43. The first-order valence-electron chi connectivity index (χ1n) is 8.29. The Kier molecular flexibility index (Phi) is 5.84. The van der Waals surface area contributed by atoms with Crippen molar-refractivity contribution < 1.29 is 33.4 Å². The number of carbonyl (C=O) groups is 4. The van der Waals surface area contributed by atoms with Gasteiger partial charge >= 0.3 is 17.9 Å². The molecule has 2 rings (SSSR count). The highest BCUT2D eigenvalue weighted by atomic mass is 16.7. The number of esters is 3. The number of β-lactam (4-membered cyclic amide) rings is 1. The zero-order valence-electron chi connectivity index (χ0n) is 15.3. The van der Waals surface area contributed by atoms with Crippen LogP contribution in [0, 0.1) is 11.3 Å². The first-order valence-corrected chi connectivity index (χ1v) is 8.29. The molecule has 142 valence electrons. The van der Waals surface area contributed by atoms with Gasteiger partial charge in [0.25, 0.3) is 0 Å². The van der Waals surface area contributed by atoms with E-state index < -0.39 is 30.1 Å². The number of carbonyl (C=O) groups excluding carboxylic acids is 4. The summed E-state index contributed by atoms with van der Waals surface area (Å²) >= 11 is 0. The standard InChI is InChI=1S/C18H23NO7/c1-18(2,3)17(23)26-10-25-16(22)13-9-8-12-11(15(21)19(12)13)6-5-7-14(20)24-4/h5,7,9,11-12H,6,8,10H2,1-4H3. The minimum atomic E-state index is -0.703. The zero-order valence-corrected chi connectivity index (χ0v) is 15.3. The van der Waals surface area contributed by atoms with Gasteiger partial charge in [0.2, 0.25) is 12.7 Å². The van der Waals surface area contributed by atoms with Crippen LogP contribution in [0.4, 0.5) is 0 Å². The molecule has 0 aromatic heterocycles. The Labute approximate surface area is 151 Å². The first-order chi connectivity index (χ1) is 12.2. The predicted octanol–water partition coefficient (Wildman–Crippen LogP) is 1.31. The van der Waals surface area contributed by atoms with Gasteiger partial charge in [-0.3, -0.25) is 9.59 Å². The van der Waals surface area contributed by atoms with Gasteiger partial charge in [-0.25, -0.2) is 9.59 Å². The molecule has 0 aliphatic carbocycles. The number of ether oxygens (including phenoxy) is 3. The lowest BCUT2D eigenvalue weighted by Crippen LogP contribution is -2.58. The van der Waals surface area contributed by atoms with Crippen molar-refractivity contribution in [3.63, 3.8) is 0 Å². The summed E-state index contributed by atoms with van der Waals surface area (Å²) in [5, 5.41) is 0. The lowest BCUT2D eigenvalue weighted by molar-refractivity contribution is -0.174. The van der Waals surface area contributed by atoms with E-state index >= 15 is 0 Å². The van der Waals surface area contributed by atoms with Gasteiger partial charge in [0.05, 0.1) is 24.5 Å². The van der Waals surface area contributed by atoms with Crippen molar-refractivity contribution in [3.05, 3.63) is 23.9 Å². The van der Waals surface area contributed by atoms with E-state index in [0.29, 0.717) is 12.8 Å². The molecule has 0 bridgehead atoms. The lowest BCUT2D eigenvalue weighted by atomic mass is 9.85. The van der Waals surface area contributed by atoms with Gasteiger partial charge in [-0.15, -0.1) is 0 Å². The van der Waals surface area contributed by atoms with Crippen molar-refractivity contribution in [2.24, 2.45) is 11.3 Å². The molecule has 0 spiro atoms. The van der Waals surface area contributed by atoms with Gasteiger partial charge in [0.15, 0.2) is 0 Å². The third-order valence-electron chi connectivity index (χ3n) is 4.21. The molecule has 8 heteroatoms. The predicted molar refractivity (Wildman–Crippen MR) is 89.1 cm³/mol. The summed E-state index contributed by atoms with van der Waals surface area (Å²) in [5.74, 6) is -2.15. The summed E-state index contributed by atoms with van der Waals surface area (Å²) in [6.07, 6.45) is 5.44. The molecule has 0 aromatic rings. The number of allylic oxidation sites excluding steroid dienone is 1. The van der Waals surface area contributed by atoms with E-state index in [4.69, 9.17) is 9.47 Å². The Hall–Kier alpha value is -2.64. The fourth-order valence-electron chi connectivity index (χ4n) is 2.75. The molecule has 0 N–H and O–H groups in total. The second-order valence-electron chi connectivity index (χ2n) is 7.10. The Morgan fingerprint density at radius 1 is 1.27 bits per heavy atom. The Bertz CT molecular complexity index is 672. The monoisotopic (exact) mass is 365 g/mol. The molecular formula is C18H23NO7. The summed E-state index contributed by atoms with van der Waals surface area (Å²) in [6.45, 7) is 4.57. The van der Waals surface area contributed by atoms with E-state index in [9.17, 15) is 19.2 Å². The number of amides is 1. The number of hydrogen-bond acceptors (Lipinski definition) is 7. The van der Waals surface area contributed by atoms with Crippen LogP contribution in [0.1, 0.15) is 33.6 Å². The average Bonchev–Trinajstić information content (AvgIpc) is 2.97. The number of fused-ring (bicyclic) bond motifs is 1. The first kappa shape index (κ1) is 19.7. The van der Waals surface area contributed by atoms with E-state index in [-0.39, 0.29) is 23.6 Å². The second kappa shape index (κ2) is 7.72. The van der Waals surface area contributed by atoms with Crippen molar-refractivity contribution >= 4 is 23.8 Å². The maximum Gasteiger partial charge on any atom is 0.357 e. The van der Waals surface area contributed by atoms with E-state index in [0.717, 1.165) is 0 Å². The van der Waals surface area contributed by atoms with Crippen LogP contribution < -0.4 is 0 Å². The van der Waals surface area contributed by atoms with Crippen LogP contribution >= 0.6 is 0 Å². The molecule has 1 amide bonds. The van der Waals surface area contributed by atoms with E-state index in [2.05, 4.69) is 4.74 Å². The van der Waals surface area contributed by atoms with E-state index in [1.807, 2.05) is 0 Å². The number of methoxy groups -OCH3 is 1. The van der Waals surface area contributed by atoms with Gasteiger partial charge in [-0.05, 0) is 33.6 Å². The van der Waals surface area contributed by atoms with Crippen molar-refractivity contribution in [3.8, 4) is 0 Å². The third kappa shape index (κ3) is 4.12. The summed E-state index contributed by atoms with van der Waals surface area (Å²) in [5.41, 5.74) is -0.525. The molecule has 8 nitrogen and oxygen atoms in total. The van der Waals surface area contributed by atoms with E-state index in [1.165, 1.54) is 18.1 Å². The Morgan fingerprint density at radius 3 is 2.58 bits per heavy atom. The fraction of sp³-hybridized carbons (Fsp3) is 0.556. The maximum absolute atomic E-state index is 12.3. The molecule has 0 saturated carbocycles. The Morgan fingerprint density at radius 2 is 1.96 bits per heavy atom. The Balaban J connectivity index is 1.82. The third-order valence-corrected chi connectivity index (χ3v) is 4.21. The topological polar surface area (TPSA) is 99.2 Å². The van der Waals surface area contributed by atoms with Gasteiger partial charge < -0.3 is 19.1 Å². The minimum absolute atomic E-state index is 0.121. The molecule has 1 fully saturated rings. The largest absolute Gasteiger partial charge is 0.466 e. The average molecular weight is 365 g/mol. The highest BCUT2D eigenvalue weighted by Gasteiger charge is 2.52. The van der Waals surface area contributed by atoms with Crippen LogP contribution in [-0.2, 0) is 33.4 Å². The van der Waals surface area contributed by atoms with Crippen LogP contribution in [0.15, 0.2) is 23.9 Å². The molecule has 2 atom stereocenters. The molecule has 1 saturated heterocycles. The molecule has 0 radical (unpaired) electrons. The molecule has 26 heavy (non-hydrogen) atoms. The summed E-state index contributed by atoms with van der Waals surface area (Å²) in [4.78, 5) is 48.4. The molecular weight excluding hydrogens is 342 g/mol. The van der Waals surface area contributed by atoms with Crippen molar-refractivity contribution in [2.75, 3.05) is 13.9 Å². The zero-order chi connectivity index (χ0) is 19.5. The SMILES string of the molecule is COC(=O)C=CCC1C(=O)N2C(C(=O)OCOC(=O)C(C)(C)C)=CCC12. The highest BCUT2D eigenvalue weighted by Crippen LogP contribution is 2.40. The summed E-state index contributed by atoms with van der Waals surface area (Å²) < 4.78 is 14.3. The van der Waals surface area contributed by atoms with Gasteiger partial charge in [-0.1, -0.05) is 12.2 Å². The molecule has 2 heterocycles. The van der Waals surface area contributed by atoms with Gasteiger partial charge in [-0.2, -0.15) is 0 Å². The van der Waals surface area contributed by atoms with Crippen LogP contribution in [0.2, 0.25) is 0 Å². The van der Waals surface area contributed by atoms with Crippen LogP contribution in [0.3, 0.4) is 0 Å². The minimum Gasteiger partial charge on any atom is -0.466 e. The molecule has 2 aliphatic heterocycles.